The van der Waals surface area contributed by atoms with Gasteiger partial charge in [-0.05, 0) is 23.4 Å². The van der Waals surface area contributed by atoms with E-state index in [0.717, 1.165) is 4.80 Å². The number of hydrogen-bond donors (Lipinski definition) is 1. The van der Waals surface area contributed by atoms with E-state index in [-0.39, 0.29) is 5.69 Å². The van der Waals surface area contributed by atoms with Crippen molar-refractivity contribution < 1.29 is 13.2 Å². The number of nitrogens with zero attached hydrogens (tertiary/aromatic N) is 6. The number of nitrogens with one attached hydrogen (secondary N) is 1. The molecule has 3 rings (SSSR count). The lowest BCUT2D eigenvalue weighted by Gasteiger charge is -2.03. The van der Waals surface area contributed by atoms with Crippen LogP contribution in [0.3, 0.4) is 0 Å². The molecular weight excluding hydrogens is 298 g/mol. The molecule has 0 atom stereocenters. The van der Waals surface area contributed by atoms with Crippen molar-refractivity contribution in [3.8, 4) is 0 Å². The number of carbonyl (C=O) groups excluding carboxylic acids is 1. The minimum absolute atomic E-state index is 0.0336. The van der Waals surface area contributed by atoms with Gasteiger partial charge in [-0.3, -0.25) is 4.79 Å². The standard InChI is InChI=1S/C10H9N7O3S/c1-16-13-10(12-15-16)21(19,20)14-9(18)8-5-7-3-2-4-17(7)6-11-8/h2-6H,1H3,(H,14,18). The third kappa shape index (κ3) is 2.45. The zero-order valence-corrected chi connectivity index (χ0v) is 11.5. The van der Waals surface area contributed by atoms with Gasteiger partial charge in [-0.2, -0.15) is 13.2 Å². The van der Waals surface area contributed by atoms with Gasteiger partial charge in [0.25, 0.3) is 5.91 Å². The maximum Gasteiger partial charge on any atom is 0.308 e. The molecule has 0 aliphatic rings. The van der Waals surface area contributed by atoms with E-state index in [1.807, 2.05) is 4.72 Å². The maximum absolute atomic E-state index is 12.0. The van der Waals surface area contributed by atoms with Crippen LogP contribution in [-0.4, -0.2) is 43.9 Å². The first-order chi connectivity index (χ1) is 9.95. The average Bonchev–Trinajstić information content (AvgIpc) is 3.05. The normalized spacial score (nSPS) is 11.7. The Morgan fingerprint density at radius 1 is 1.38 bits per heavy atom. The summed E-state index contributed by atoms with van der Waals surface area (Å²) in [6.07, 6.45) is 3.17. The van der Waals surface area contributed by atoms with E-state index in [9.17, 15) is 13.2 Å². The monoisotopic (exact) mass is 307 g/mol. The summed E-state index contributed by atoms with van der Waals surface area (Å²) in [6, 6.07) is 5.01. The van der Waals surface area contributed by atoms with E-state index in [2.05, 4.69) is 20.4 Å². The third-order valence-electron chi connectivity index (χ3n) is 2.61. The molecule has 10 nitrogen and oxygen atoms in total. The van der Waals surface area contributed by atoms with E-state index < -0.39 is 21.1 Å². The smallest absolute Gasteiger partial charge is 0.308 e. The fourth-order valence-corrected chi connectivity index (χ4v) is 2.46. The Morgan fingerprint density at radius 3 is 2.90 bits per heavy atom. The summed E-state index contributed by atoms with van der Waals surface area (Å²) in [7, 11) is -2.77. The Labute approximate surface area is 118 Å². The van der Waals surface area contributed by atoms with Gasteiger partial charge in [0.2, 0.25) is 0 Å². The third-order valence-corrected chi connectivity index (χ3v) is 3.71. The number of aryl methyl sites for hydroxylation is 1. The summed E-state index contributed by atoms with van der Waals surface area (Å²) in [5.74, 6) is -0.869. The van der Waals surface area contributed by atoms with Crippen molar-refractivity contribution in [3.05, 3.63) is 36.4 Å². The quantitative estimate of drug-likeness (QED) is 0.656. The van der Waals surface area contributed by atoms with Gasteiger partial charge in [-0.15, -0.1) is 5.10 Å². The highest BCUT2D eigenvalue weighted by Crippen LogP contribution is 2.06. The molecule has 0 bridgehead atoms. The fourth-order valence-electron chi connectivity index (χ4n) is 1.65. The van der Waals surface area contributed by atoms with Gasteiger partial charge in [0.15, 0.2) is 0 Å². The van der Waals surface area contributed by atoms with E-state index in [4.69, 9.17) is 0 Å². The lowest BCUT2D eigenvalue weighted by Crippen LogP contribution is -2.32. The Balaban J connectivity index is 1.88. The molecule has 3 heterocycles. The van der Waals surface area contributed by atoms with Crippen LogP contribution in [0.25, 0.3) is 5.52 Å². The highest BCUT2D eigenvalue weighted by Gasteiger charge is 2.24. The molecule has 11 heteroatoms. The Hall–Kier alpha value is -2.82. The van der Waals surface area contributed by atoms with Crippen molar-refractivity contribution in [2.24, 2.45) is 7.05 Å². The van der Waals surface area contributed by atoms with Crippen molar-refractivity contribution >= 4 is 21.4 Å². The van der Waals surface area contributed by atoms with Gasteiger partial charge in [0, 0.05) is 11.7 Å². The van der Waals surface area contributed by atoms with Gasteiger partial charge in [-0.25, -0.2) is 9.71 Å². The van der Waals surface area contributed by atoms with Gasteiger partial charge in [-0.1, -0.05) is 5.10 Å². The van der Waals surface area contributed by atoms with Crippen molar-refractivity contribution in [3.63, 3.8) is 0 Å². The molecule has 1 N–H and O–H groups in total. The fraction of sp³-hybridized carbons (Fsp3) is 0.100. The number of fused-ring (bicyclic) bond motifs is 1. The number of aromatic nitrogens is 6. The Bertz CT molecular complexity index is 927. The number of hydrogen-bond acceptors (Lipinski definition) is 7. The van der Waals surface area contributed by atoms with E-state index >= 15 is 0 Å². The predicted octanol–water partition coefficient (Wildman–Crippen LogP) is -1.02. The summed E-state index contributed by atoms with van der Waals surface area (Å²) in [6.45, 7) is 0. The van der Waals surface area contributed by atoms with Crippen LogP contribution < -0.4 is 4.72 Å². The number of rotatable bonds is 3. The molecule has 21 heavy (non-hydrogen) atoms. The molecule has 0 fully saturated rings. The molecule has 0 spiro atoms. The molecule has 0 radical (unpaired) electrons. The molecule has 0 saturated heterocycles. The van der Waals surface area contributed by atoms with Gasteiger partial charge < -0.3 is 4.40 Å². The molecule has 108 valence electrons. The number of tetrazole rings is 1. The van der Waals surface area contributed by atoms with Crippen LogP contribution in [0, 0.1) is 0 Å². The number of amides is 1. The first-order valence-corrected chi connectivity index (χ1v) is 7.18. The molecule has 0 aliphatic heterocycles. The highest BCUT2D eigenvalue weighted by atomic mass is 32.2. The first kappa shape index (κ1) is 13.2. The summed E-state index contributed by atoms with van der Waals surface area (Å²) < 4.78 is 27.3. The van der Waals surface area contributed by atoms with Crippen molar-refractivity contribution in [2.45, 2.75) is 5.16 Å². The minimum atomic E-state index is -4.18. The Kier molecular flexibility index (Phi) is 2.90. The second kappa shape index (κ2) is 4.63. The molecule has 0 aromatic carbocycles. The van der Waals surface area contributed by atoms with E-state index in [0.29, 0.717) is 5.52 Å². The molecular formula is C10H9N7O3S. The summed E-state index contributed by atoms with van der Waals surface area (Å²) in [4.78, 5) is 16.8. The molecule has 3 aromatic heterocycles. The largest absolute Gasteiger partial charge is 0.308 e. The van der Waals surface area contributed by atoms with Crippen LogP contribution in [0.15, 0.2) is 35.9 Å². The van der Waals surface area contributed by atoms with E-state index in [1.54, 1.807) is 22.7 Å². The summed E-state index contributed by atoms with van der Waals surface area (Å²) in [5.41, 5.74) is 0.679. The number of carbonyl (C=O) groups is 1. The van der Waals surface area contributed by atoms with Crippen LogP contribution in [0.1, 0.15) is 10.5 Å². The first-order valence-electron chi connectivity index (χ1n) is 5.69. The Morgan fingerprint density at radius 2 is 2.19 bits per heavy atom. The molecule has 3 aromatic rings. The molecule has 1 amide bonds. The zero-order valence-electron chi connectivity index (χ0n) is 10.7. The lowest BCUT2D eigenvalue weighted by molar-refractivity contribution is 0.0976. The minimum Gasteiger partial charge on any atom is -0.308 e. The van der Waals surface area contributed by atoms with Gasteiger partial charge in [0.05, 0.1) is 13.4 Å². The topological polar surface area (TPSA) is 124 Å². The van der Waals surface area contributed by atoms with Crippen molar-refractivity contribution in [2.75, 3.05) is 0 Å². The number of sulfonamides is 1. The average molecular weight is 307 g/mol. The van der Waals surface area contributed by atoms with Crippen molar-refractivity contribution in [1.82, 2.24) is 34.3 Å². The maximum atomic E-state index is 12.0. The van der Waals surface area contributed by atoms with Crippen LogP contribution in [0.5, 0.6) is 0 Å². The molecule has 0 saturated carbocycles. The molecule has 0 aliphatic carbocycles. The SMILES string of the molecule is Cn1nnc(S(=O)(=O)NC(=O)c2cc3cccn3cn2)n1. The second-order valence-corrected chi connectivity index (χ2v) is 5.69. The van der Waals surface area contributed by atoms with Crippen molar-refractivity contribution in [1.29, 1.82) is 0 Å². The second-order valence-electron chi connectivity index (χ2n) is 4.11. The summed E-state index contributed by atoms with van der Waals surface area (Å²) >= 11 is 0. The van der Waals surface area contributed by atoms with Gasteiger partial charge in [0.1, 0.15) is 5.69 Å². The highest BCUT2D eigenvalue weighted by molar-refractivity contribution is 7.89. The van der Waals surface area contributed by atoms with Crippen LogP contribution >= 0.6 is 0 Å². The summed E-state index contributed by atoms with van der Waals surface area (Å²) in [5, 5.41) is 9.71. The molecule has 0 unspecified atom stereocenters. The van der Waals surface area contributed by atoms with E-state index in [1.165, 1.54) is 19.4 Å². The zero-order chi connectivity index (χ0) is 15.0. The van der Waals surface area contributed by atoms with Crippen LogP contribution in [0.4, 0.5) is 0 Å². The lowest BCUT2D eigenvalue weighted by atomic mass is 10.3. The van der Waals surface area contributed by atoms with Crippen LogP contribution in [-0.2, 0) is 17.1 Å². The predicted molar refractivity (Wildman–Crippen MR) is 68.6 cm³/mol. The van der Waals surface area contributed by atoms with Gasteiger partial charge >= 0.3 is 15.2 Å². The van der Waals surface area contributed by atoms with Crippen LogP contribution in [0.2, 0.25) is 0 Å².